The third kappa shape index (κ3) is 2.73. The number of nitrogens with zero attached hydrogens (tertiary/aromatic N) is 1. The summed E-state index contributed by atoms with van der Waals surface area (Å²) in [6.07, 6.45) is 0. The van der Waals surface area contributed by atoms with Crippen LogP contribution in [0.2, 0.25) is 5.02 Å². The van der Waals surface area contributed by atoms with Gasteiger partial charge in [0.15, 0.2) is 0 Å². The van der Waals surface area contributed by atoms with Crippen molar-refractivity contribution in [1.29, 1.82) is 0 Å². The molecule has 0 saturated carbocycles. The SMILES string of the molecule is O=C1NC(=O)/C(=C2\C(=O)N(Cc3cccc(Cl)c3)c3ccccc32)S1. The molecule has 2 aliphatic heterocycles. The Morgan fingerprint density at radius 3 is 2.56 bits per heavy atom. The van der Waals surface area contributed by atoms with Gasteiger partial charge in [0.2, 0.25) is 0 Å². The van der Waals surface area contributed by atoms with Gasteiger partial charge in [0.25, 0.3) is 17.1 Å². The van der Waals surface area contributed by atoms with E-state index >= 15 is 0 Å². The van der Waals surface area contributed by atoms with Crippen LogP contribution in [-0.2, 0) is 16.1 Å². The number of nitrogens with one attached hydrogen (secondary N) is 1. The van der Waals surface area contributed by atoms with Gasteiger partial charge in [-0.3, -0.25) is 19.7 Å². The van der Waals surface area contributed by atoms with Crippen molar-refractivity contribution in [2.75, 3.05) is 4.90 Å². The molecule has 2 aromatic carbocycles. The highest BCUT2D eigenvalue weighted by atomic mass is 35.5. The van der Waals surface area contributed by atoms with Gasteiger partial charge < -0.3 is 4.90 Å². The third-order valence-corrected chi connectivity index (χ3v) is 5.11. The number of fused-ring (bicyclic) bond motifs is 1. The van der Waals surface area contributed by atoms with E-state index in [0.29, 0.717) is 22.8 Å². The van der Waals surface area contributed by atoms with Crippen LogP contribution in [0.15, 0.2) is 53.4 Å². The zero-order valence-corrected chi connectivity index (χ0v) is 14.4. The van der Waals surface area contributed by atoms with E-state index in [2.05, 4.69) is 5.32 Å². The summed E-state index contributed by atoms with van der Waals surface area (Å²) in [4.78, 5) is 38.3. The van der Waals surface area contributed by atoms with Gasteiger partial charge in [0.1, 0.15) is 0 Å². The molecule has 3 amide bonds. The maximum Gasteiger partial charge on any atom is 0.290 e. The van der Waals surface area contributed by atoms with Crippen LogP contribution in [0.3, 0.4) is 0 Å². The zero-order chi connectivity index (χ0) is 17.6. The molecule has 2 aromatic rings. The van der Waals surface area contributed by atoms with Gasteiger partial charge in [0.05, 0.1) is 22.7 Å². The number of hydrogen-bond acceptors (Lipinski definition) is 4. The fourth-order valence-corrected chi connectivity index (χ4v) is 3.94. The first-order valence-corrected chi connectivity index (χ1v) is 8.67. The van der Waals surface area contributed by atoms with Crippen LogP contribution in [0.25, 0.3) is 5.57 Å². The molecule has 5 nitrogen and oxygen atoms in total. The van der Waals surface area contributed by atoms with Crippen LogP contribution in [0.4, 0.5) is 10.5 Å². The first-order valence-electron chi connectivity index (χ1n) is 7.48. The standard InChI is InChI=1S/C18H11ClN2O3S/c19-11-5-3-4-10(8-11)9-21-13-7-2-1-6-12(13)14(17(21)23)15-16(22)20-18(24)25-15/h1-8H,9H2,(H,20,22,24)/b15-14+. The van der Waals surface area contributed by atoms with E-state index in [4.69, 9.17) is 11.6 Å². The Hall–Kier alpha value is -2.57. The van der Waals surface area contributed by atoms with Gasteiger partial charge >= 0.3 is 0 Å². The lowest BCUT2D eigenvalue weighted by Gasteiger charge is -2.17. The quantitative estimate of drug-likeness (QED) is 0.820. The molecule has 4 rings (SSSR count). The molecule has 124 valence electrons. The molecule has 0 unspecified atom stereocenters. The number of benzene rings is 2. The number of para-hydroxylation sites is 1. The number of anilines is 1. The smallest absolute Gasteiger partial charge is 0.290 e. The molecular weight excluding hydrogens is 360 g/mol. The van der Waals surface area contributed by atoms with Crippen molar-refractivity contribution in [3.8, 4) is 0 Å². The number of carbonyl (C=O) groups excluding carboxylic acids is 3. The predicted molar refractivity (Wildman–Crippen MR) is 97.1 cm³/mol. The molecule has 2 aliphatic rings. The van der Waals surface area contributed by atoms with Gasteiger partial charge in [-0.1, -0.05) is 41.9 Å². The Morgan fingerprint density at radius 2 is 1.84 bits per heavy atom. The number of hydrogen-bond donors (Lipinski definition) is 1. The van der Waals surface area contributed by atoms with E-state index < -0.39 is 11.1 Å². The Balaban J connectivity index is 1.81. The first kappa shape index (κ1) is 15.9. The first-order chi connectivity index (χ1) is 12.0. The van der Waals surface area contributed by atoms with Crippen molar-refractivity contribution in [1.82, 2.24) is 5.32 Å². The lowest BCUT2D eigenvalue weighted by atomic mass is 10.1. The number of carbonyl (C=O) groups is 3. The summed E-state index contributed by atoms with van der Waals surface area (Å²) < 4.78 is 0. The second-order valence-corrected chi connectivity index (χ2v) is 7.01. The Labute approximate surface area is 152 Å². The van der Waals surface area contributed by atoms with E-state index in [1.54, 1.807) is 29.2 Å². The molecule has 0 aromatic heterocycles. The lowest BCUT2D eigenvalue weighted by Crippen LogP contribution is -2.26. The van der Waals surface area contributed by atoms with Gasteiger partial charge in [0, 0.05) is 10.6 Å². The minimum absolute atomic E-state index is 0.149. The molecule has 25 heavy (non-hydrogen) atoms. The van der Waals surface area contributed by atoms with Crippen LogP contribution in [0.5, 0.6) is 0 Å². The van der Waals surface area contributed by atoms with E-state index in [9.17, 15) is 14.4 Å². The number of halogens is 1. The maximum atomic E-state index is 13.0. The summed E-state index contributed by atoms with van der Waals surface area (Å²) in [5, 5.41) is 2.33. The summed E-state index contributed by atoms with van der Waals surface area (Å²) in [7, 11) is 0. The fourth-order valence-electron chi connectivity index (χ4n) is 2.95. The average Bonchev–Trinajstić information content (AvgIpc) is 3.04. The Bertz CT molecular complexity index is 970. The van der Waals surface area contributed by atoms with Gasteiger partial charge in [-0.2, -0.15) is 0 Å². The zero-order valence-electron chi connectivity index (χ0n) is 12.8. The fraction of sp³-hybridized carbons (Fsp3) is 0.0556. The van der Waals surface area contributed by atoms with Crippen molar-refractivity contribution in [3.63, 3.8) is 0 Å². The number of rotatable bonds is 2. The number of imide groups is 1. The summed E-state index contributed by atoms with van der Waals surface area (Å²) in [5.41, 5.74) is 2.51. The molecule has 0 bridgehead atoms. The van der Waals surface area contributed by atoms with Crippen molar-refractivity contribution in [2.24, 2.45) is 0 Å². The highest BCUT2D eigenvalue weighted by Gasteiger charge is 2.39. The summed E-state index contributed by atoms with van der Waals surface area (Å²) in [5.74, 6) is -0.828. The minimum atomic E-state index is -0.530. The minimum Gasteiger partial charge on any atom is -0.303 e. The second-order valence-electron chi connectivity index (χ2n) is 5.59. The van der Waals surface area contributed by atoms with E-state index in [1.165, 1.54) is 0 Å². The second kappa shape index (κ2) is 6.06. The third-order valence-electron chi connectivity index (χ3n) is 4.00. The van der Waals surface area contributed by atoms with Crippen LogP contribution in [0.1, 0.15) is 11.1 Å². The van der Waals surface area contributed by atoms with E-state index in [1.807, 2.05) is 24.3 Å². The Morgan fingerprint density at radius 1 is 1.04 bits per heavy atom. The van der Waals surface area contributed by atoms with Gasteiger partial charge in [-0.05, 0) is 35.5 Å². The number of amides is 3. The molecule has 1 fully saturated rings. The summed E-state index contributed by atoms with van der Waals surface area (Å²) in [6, 6.07) is 14.5. The molecule has 7 heteroatoms. The molecule has 0 atom stereocenters. The highest BCUT2D eigenvalue weighted by molar-refractivity contribution is 8.18. The van der Waals surface area contributed by atoms with Crippen LogP contribution < -0.4 is 10.2 Å². The molecule has 0 spiro atoms. The van der Waals surface area contributed by atoms with Gasteiger partial charge in [-0.25, -0.2) is 0 Å². The monoisotopic (exact) mass is 370 g/mol. The number of thioether (sulfide) groups is 1. The molecular formula is C18H11ClN2O3S. The molecule has 0 aliphatic carbocycles. The van der Waals surface area contributed by atoms with Crippen LogP contribution in [0, 0.1) is 0 Å². The summed E-state index contributed by atoms with van der Waals surface area (Å²) in [6.45, 7) is 0.327. The normalized spacial score (nSPS) is 19.4. The lowest BCUT2D eigenvalue weighted by molar-refractivity contribution is -0.116. The molecule has 1 N–H and O–H groups in total. The maximum absolute atomic E-state index is 13.0. The van der Waals surface area contributed by atoms with Crippen molar-refractivity contribution in [3.05, 3.63) is 69.6 Å². The molecule has 0 radical (unpaired) electrons. The van der Waals surface area contributed by atoms with Crippen LogP contribution in [-0.4, -0.2) is 17.1 Å². The van der Waals surface area contributed by atoms with Gasteiger partial charge in [-0.15, -0.1) is 0 Å². The largest absolute Gasteiger partial charge is 0.303 e. The summed E-state index contributed by atoms with van der Waals surface area (Å²) >= 11 is 6.79. The molecule has 2 heterocycles. The topological polar surface area (TPSA) is 66.5 Å². The Kier molecular flexibility index (Phi) is 3.86. The van der Waals surface area contributed by atoms with Crippen molar-refractivity contribution >= 4 is 51.7 Å². The van der Waals surface area contributed by atoms with E-state index in [0.717, 1.165) is 17.3 Å². The van der Waals surface area contributed by atoms with Crippen molar-refractivity contribution in [2.45, 2.75) is 6.54 Å². The molecule has 1 saturated heterocycles. The average molecular weight is 371 g/mol. The highest BCUT2D eigenvalue weighted by Crippen LogP contribution is 2.43. The van der Waals surface area contributed by atoms with Crippen LogP contribution >= 0.6 is 23.4 Å². The predicted octanol–water partition coefficient (Wildman–Crippen LogP) is 3.58. The van der Waals surface area contributed by atoms with Crippen molar-refractivity contribution < 1.29 is 14.4 Å². The van der Waals surface area contributed by atoms with E-state index in [-0.39, 0.29) is 16.4 Å².